The van der Waals surface area contributed by atoms with Gasteiger partial charge in [-0.2, -0.15) is 17.5 Å². The highest BCUT2D eigenvalue weighted by Crippen LogP contribution is 2.21. The first-order valence-corrected chi connectivity index (χ1v) is 12.0. The lowest BCUT2D eigenvalue weighted by Crippen LogP contribution is -2.53. The van der Waals surface area contributed by atoms with E-state index in [2.05, 4.69) is 0 Å². The van der Waals surface area contributed by atoms with Crippen LogP contribution in [0.4, 0.5) is 17.6 Å². The first-order valence-electron chi connectivity index (χ1n) is 10.6. The third-order valence-corrected chi connectivity index (χ3v) is 7.70. The molecular formula is C20H26F4N4O4S. The zero-order valence-electron chi connectivity index (χ0n) is 17.9. The van der Waals surface area contributed by atoms with Gasteiger partial charge >= 0.3 is 6.18 Å². The van der Waals surface area contributed by atoms with Crippen LogP contribution >= 0.6 is 0 Å². The minimum absolute atomic E-state index is 0.0893. The van der Waals surface area contributed by atoms with Crippen molar-refractivity contribution in [1.29, 1.82) is 0 Å². The van der Waals surface area contributed by atoms with Crippen LogP contribution in [0.1, 0.15) is 12.8 Å². The van der Waals surface area contributed by atoms with E-state index in [0.29, 0.717) is 25.9 Å². The van der Waals surface area contributed by atoms with Gasteiger partial charge in [0, 0.05) is 32.1 Å². The first-order chi connectivity index (χ1) is 15.5. The number of hydrogen-bond acceptors (Lipinski definition) is 5. The SMILES string of the molecule is O=C(NCC(F)(F)F)C1CCN(CC(=O)N2CCN(S(=O)(=O)c3cccc(F)c3)CC2)CC1. The fraction of sp³-hybridized carbons (Fsp3) is 0.600. The molecular weight excluding hydrogens is 468 g/mol. The lowest BCUT2D eigenvalue weighted by atomic mass is 9.96. The fourth-order valence-electron chi connectivity index (χ4n) is 3.93. The Morgan fingerprint density at radius 3 is 2.24 bits per heavy atom. The van der Waals surface area contributed by atoms with Crippen LogP contribution < -0.4 is 5.32 Å². The van der Waals surface area contributed by atoms with Crippen molar-refractivity contribution in [3.8, 4) is 0 Å². The Hall–Kier alpha value is -2.25. The molecule has 0 aromatic heterocycles. The Kier molecular flexibility index (Phi) is 7.96. The molecule has 184 valence electrons. The fourth-order valence-corrected chi connectivity index (χ4v) is 5.38. The van der Waals surface area contributed by atoms with Gasteiger partial charge in [0.1, 0.15) is 12.4 Å². The number of amides is 2. The van der Waals surface area contributed by atoms with Crippen molar-refractivity contribution in [2.45, 2.75) is 23.9 Å². The minimum atomic E-state index is -4.45. The number of sulfonamides is 1. The molecule has 0 bridgehead atoms. The highest BCUT2D eigenvalue weighted by Gasteiger charge is 2.33. The summed E-state index contributed by atoms with van der Waals surface area (Å²) in [6, 6.07) is 4.77. The van der Waals surface area contributed by atoms with Gasteiger partial charge in [-0.1, -0.05) is 6.07 Å². The number of nitrogens with zero attached hydrogens (tertiary/aromatic N) is 3. The molecule has 2 heterocycles. The lowest BCUT2D eigenvalue weighted by molar-refractivity contribution is -0.142. The average Bonchev–Trinajstić information content (AvgIpc) is 2.77. The predicted octanol–water partition coefficient (Wildman–Crippen LogP) is 1.05. The summed E-state index contributed by atoms with van der Waals surface area (Å²) in [5.74, 6) is -1.98. The Labute approximate surface area is 189 Å². The second-order valence-corrected chi connectivity index (χ2v) is 10.1. The monoisotopic (exact) mass is 494 g/mol. The molecule has 2 aliphatic heterocycles. The van der Waals surface area contributed by atoms with Crippen LogP contribution in [0.2, 0.25) is 0 Å². The number of halogens is 4. The van der Waals surface area contributed by atoms with E-state index in [1.165, 1.54) is 16.4 Å². The molecule has 0 aliphatic carbocycles. The number of nitrogens with one attached hydrogen (secondary N) is 1. The van der Waals surface area contributed by atoms with Crippen molar-refractivity contribution in [2.24, 2.45) is 5.92 Å². The maximum atomic E-state index is 13.4. The molecule has 8 nitrogen and oxygen atoms in total. The molecule has 0 unspecified atom stereocenters. The smallest absolute Gasteiger partial charge is 0.347 e. The van der Waals surface area contributed by atoms with Gasteiger partial charge in [0.05, 0.1) is 11.4 Å². The highest BCUT2D eigenvalue weighted by molar-refractivity contribution is 7.89. The van der Waals surface area contributed by atoms with Crippen molar-refractivity contribution in [3.63, 3.8) is 0 Å². The van der Waals surface area contributed by atoms with Crippen molar-refractivity contribution >= 4 is 21.8 Å². The van der Waals surface area contributed by atoms with Gasteiger partial charge in [-0.15, -0.1) is 0 Å². The second-order valence-electron chi connectivity index (χ2n) is 8.13. The third-order valence-electron chi connectivity index (χ3n) is 5.81. The van der Waals surface area contributed by atoms with Crippen LogP contribution in [-0.2, 0) is 19.6 Å². The maximum Gasteiger partial charge on any atom is 0.405 e. The Morgan fingerprint density at radius 2 is 1.67 bits per heavy atom. The van der Waals surface area contributed by atoms with Crippen molar-refractivity contribution in [3.05, 3.63) is 30.1 Å². The number of carbonyl (C=O) groups is 2. The van der Waals surface area contributed by atoms with Gasteiger partial charge in [-0.25, -0.2) is 12.8 Å². The largest absolute Gasteiger partial charge is 0.405 e. The summed E-state index contributed by atoms with van der Waals surface area (Å²) < 4.78 is 76.7. The zero-order valence-corrected chi connectivity index (χ0v) is 18.7. The van der Waals surface area contributed by atoms with E-state index in [4.69, 9.17) is 0 Å². The molecule has 3 rings (SSSR count). The molecule has 0 saturated carbocycles. The van der Waals surface area contributed by atoms with Crippen LogP contribution in [0.15, 0.2) is 29.2 Å². The molecule has 13 heteroatoms. The number of carbonyl (C=O) groups excluding carboxylic acids is 2. The molecule has 0 atom stereocenters. The topological polar surface area (TPSA) is 90.0 Å². The standard InChI is InChI=1S/C20H26F4N4O4S/c21-16-2-1-3-17(12-16)33(31,32)28-10-8-27(9-11-28)18(29)13-26-6-4-15(5-7-26)19(30)25-14-20(22,23)24/h1-3,12,15H,4-11,13-14H2,(H,25,30). The summed E-state index contributed by atoms with van der Waals surface area (Å²) in [5, 5.41) is 1.90. The van der Waals surface area contributed by atoms with Crippen molar-refractivity contribution in [1.82, 2.24) is 19.4 Å². The van der Waals surface area contributed by atoms with Gasteiger partial charge in [0.2, 0.25) is 21.8 Å². The Bertz CT molecular complexity index is 957. The molecule has 0 spiro atoms. The van der Waals surface area contributed by atoms with E-state index in [0.717, 1.165) is 12.1 Å². The summed E-state index contributed by atoms with van der Waals surface area (Å²) in [6.07, 6.45) is -3.74. The van der Waals surface area contributed by atoms with Gasteiger partial charge < -0.3 is 10.2 Å². The number of benzene rings is 1. The second kappa shape index (κ2) is 10.3. The van der Waals surface area contributed by atoms with Crippen LogP contribution in [0.5, 0.6) is 0 Å². The Morgan fingerprint density at radius 1 is 1.03 bits per heavy atom. The zero-order chi connectivity index (χ0) is 24.2. The molecule has 2 aliphatic rings. The molecule has 2 saturated heterocycles. The van der Waals surface area contributed by atoms with Crippen LogP contribution in [-0.4, -0.2) is 92.9 Å². The summed E-state index contributed by atoms with van der Waals surface area (Å²) >= 11 is 0. The van der Waals surface area contributed by atoms with E-state index in [1.54, 1.807) is 4.90 Å². The number of hydrogen-bond donors (Lipinski definition) is 1. The van der Waals surface area contributed by atoms with Gasteiger partial charge in [0.25, 0.3) is 0 Å². The Balaban J connectivity index is 1.43. The van der Waals surface area contributed by atoms with Gasteiger partial charge in [-0.05, 0) is 44.1 Å². The molecule has 1 aromatic carbocycles. The number of alkyl halides is 3. The number of piperidine rings is 1. The number of piperazine rings is 1. The van der Waals surface area contributed by atoms with Crippen molar-refractivity contribution in [2.75, 3.05) is 52.4 Å². The predicted molar refractivity (Wildman–Crippen MR) is 110 cm³/mol. The number of rotatable bonds is 6. The lowest BCUT2D eigenvalue weighted by Gasteiger charge is -2.36. The number of likely N-dealkylation sites (tertiary alicyclic amines) is 1. The quantitative estimate of drug-likeness (QED) is 0.598. The van der Waals surface area contributed by atoms with E-state index < -0.39 is 40.4 Å². The summed E-state index contributed by atoms with van der Waals surface area (Å²) in [4.78, 5) is 27.8. The van der Waals surface area contributed by atoms with Crippen molar-refractivity contribution < 1.29 is 35.6 Å². The maximum absolute atomic E-state index is 13.4. The molecule has 1 N–H and O–H groups in total. The summed E-state index contributed by atoms with van der Waals surface area (Å²) in [6.45, 7) is 0.123. The van der Waals surface area contributed by atoms with Gasteiger partial charge in [-0.3, -0.25) is 14.5 Å². The van der Waals surface area contributed by atoms with E-state index in [-0.39, 0.29) is 43.5 Å². The molecule has 0 radical (unpaired) electrons. The van der Waals surface area contributed by atoms with E-state index in [9.17, 15) is 35.6 Å². The average molecular weight is 495 g/mol. The van der Waals surface area contributed by atoms with Crippen LogP contribution in [0.3, 0.4) is 0 Å². The minimum Gasteiger partial charge on any atom is -0.347 e. The highest BCUT2D eigenvalue weighted by atomic mass is 32.2. The summed E-state index contributed by atoms with van der Waals surface area (Å²) in [7, 11) is -3.85. The van der Waals surface area contributed by atoms with E-state index >= 15 is 0 Å². The molecule has 33 heavy (non-hydrogen) atoms. The molecule has 2 fully saturated rings. The van der Waals surface area contributed by atoms with Gasteiger partial charge in [0.15, 0.2) is 0 Å². The normalized spacial score (nSPS) is 19.5. The van der Waals surface area contributed by atoms with Crippen LogP contribution in [0.25, 0.3) is 0 Å². The van der Waals surface area contributed by atoms with Crippen LogP contribution in [0, 0.1) is 11.7 Å². The molecule has 1 aromatic rings. The molecule has 2 amide bonds. The summed E-state index contributed by atoms with van der Waals surface area (Å²) in [5.41, 5.74) is 0. The third kappa shape index (κ3) is 6.87. The first kappa shape index (κ1) is 25.4. The van der Waals surface area contributed by atoms with E-state index in [1.807, 2.05) is 10.2 Å².